The van der Waals surface area contributed by atoms with Crippen molar-refractivity contribution in [3.05, 3.63) is 72.6 Å². The molecule has 1 aromatic heterocycles. The summed E-state index contributed by atoms with van der Waals surface area (Å²) < 4.78 is 15.2. The lowest BCUT2D eigenvalue weighted by molar-refractivity contribution is 0.102. The van der Waals surface area contributed by atoms with E-state index < -0.39 is 0 Å². The number of carbonyl (C=O) groups is 1. The van der Waals surface area contributed by atoms with Crippen molar-refractivity contribution >= 4 is 61.5 Å². The van der Waals surface area contributed by atoms with Crippen molar-refractivity contribution in [1.29, 1.82) is 0 Å². The SMILES string of the molecule is O=C(Nc1ccccc1-c1ccc(Br)c(F)c1)c1ccsc1I. The lowest BCUT2D eigenvalue weighted by Crippen LogP contribution is -2.12. The Labute approximate surface area is 159 Å². The summed E-state index contributed by atoms with van der Waals surface area (Å²) in [5.41, 5.74) is 2.78. The normalized spacial score (nSPS) is 10.6. The molecule has 0 aliphatic rings. The molecule has 1 heterocycles. The fourth-order valence-corrected chi connectivity index (χ4v) is 3.88. The fraction of sp³-hybridized carbons (Fsp3) is 0. The quantitative estimate of drug-likeness (QED) is 0.427. The van der Waals surface area contributed by atoms with E-state index in [-0.39, 0.29) is 11.7 Å². The van der Waals surface area contributed by atoms with Gasteiger partial charge in [0.1, 0.15) is 5.82 Å². The molecule has 0 saturated carbocycles. The second kappa shape index (κ2) is 7.11. The highest BCUT2D eigenvalue weighted by Crippen LogP contribution is 2.31. The van der Waals surface area contributed by atoms with Gasteiger partial charge in [0.25, 0.3) is 5.91 Å². The first-order chi connectivity index (χ1) is 11.1. The average molecular weight is 502 g/mol. The average Bonchev–Trinajstić information content (AvgIpc) is 2.97. The third kappa shape index (κ3) is 3.64. The van der Waals surface area contributed by atoms with Crippen LogP contribution in [0.4, 0.5) is 10.1 Å². The van der Waals surface area contributed by atoms with Crippen molar-refractivity contribution in [3.63, 3.8) is 0 Å². The molecule has 0 fully saturated rings. The van der Waals surface area contributed by atoms with Gasteiger partial charge < -0.3 is 5.32 Å². The van der Waals surface area contributed by atoms with Crippen LogP contribution < -0.4 is 5.32 Å². The van der Waals surface area contributed by atoms with Crippen LogP contribution in [0.15, 0.2) is 58.4 Å². The summed E-state index contributed by atoms with van der Waals surface area (Å²) in [5.74, 6) is -0.503. The standard InChI is InChI=1S/C17H10BrFINOS/c18-13-6-5-10(9-14(13)19)11-3-1-2-4-15(11)21-17(22)12-7-8-23-16(12)20/h1-9H,(H,21,22). The van der Waals surface area contributed by atoms with Crippen molar-refractivity contribution in [2.24, 2.45) is 0 Å². The van der Waals surface area contributed by atoms with Gasteiger partial charge in [0.2, 0.25) is 0 Å². The zero-order chi connectivity index (χ0) is 16.4. The van der Waals surface area contributed by atoms with Crippen molar-refractivity contribution in [2.45, 2.75) is 0 Å². The highest BCUT2D eigenvalue weighted by Gasteiger charge is 2.14. The molecule has 3 rings (SSSR count). The summed E-state index contributed by atoms with van der Waals surface area (Å²) in [6.45, 7) is 0. The number of carbonyl (C=O) groups excluding carboxylic acids is 1. The van der Waals surface area contributed by atoms with Crippen LogP contribution in [-0.4, -0.2) is 5.91 Å². The molecule has 2 nitrogen and oxygen atoms in total. The highest BCUT2D eigenvalue weighted by molar-refractivity contribution is 14.1. The zero-order valence-electron chi connectivity index (χ0n) is 11.6. The highest BCUT2D eigenvalue weighted by atomic mass is 127. The number of para-hydroxylation sites is 1. The van der Waals surface area contributed by atoms with Gasteiger partial charge in [-0.2, -0.15) is 0 Å². The Balaban J connectivity index is 1.96. The molecule has 0 atom stereocenters. The molecular weight excluding hydrogens is 492 g/mol. The van der Waals surface area contributed by atoms with Crippen LogP contribution in [0.2, 0.25) is 0 Å². The van der Waals surface area contributed by atoms with Gasteiger partial charge in [0, 0.05) is 11.3 Å². The van der Waals surface area contributed by atoms with Crippen LogP contribution in [-0.2, 0) is 0 Å². The minimum Gasteiger partial charge on any atom is -0.321 e. The van der Waals surface area contributed by atoms with Gasteiger partial charge in [-0.1, -0.05) is 24.3 Å². The summed E-state index contributed by atoms with van der Waals surface area (Å²) in [4.78, 5) is 12.4. The van der Waals surface area contributed by atoms with Crippen molar-refractivity contribution in [3.8, 4) is 11.1 Å². The maximum Gasteiger partial charge on any atom is 0.257 e. The molecule has 0 bridgehead atoms. The number of amides is 1. The van der Waals surface area contributed by atoms with Crippen molar-refractivity contribution < 1.29 is 9.18 Å². The number of anilines is 1. The van der Waals surface area contributed by atoms with Gasteiger partial charge in [-0.15, -0.1) is 11.3 Å². The first-order valence-corrected chi connectivity index (χ1v) is 9.40. The van der Waals surface area contributed by atoms with Crippen molar-refractivity contribution in [2.75, 3.05) is 5.32 Å². The van der Waals surface area contributed by atoms with E-state index in [2.05, 4.69) is 43.8 Å². The van der Waals surface area contributed by atoms with Crippen molar-refractivity contribution in [1.82, 2.24) is 0 Å². The Bertz CT molecular complexity index is 881. The Hall–Kier alpha value is -1.25. The number of hydrogen-bond acceptors (Lipinski definition) is 2. The van der Waals surface area contributed by atoms with E-state index in [1.165, 1.54) is 17.4 Å². The molecule has 0 saturated heterocycles. The number of benzene rings is 2. The number of thiophene rings is 1. The number of halogens is 3. The van der Waals surface area contributed by atoms with Crippen LogP contribution in [0.3, 0.4) is 0 Å². The lowest BCUT2D eigenvalue weighted by Gasteiger charge is -2.11. The summed E-state index contributed by atoms with van der Waals surface area (Å²) in [6, 6.07) is 14.1. The maximum absolute atomic E-state index is 13.8. The predicted octanol–water partition coefficient (Wildman–Crippen LogP) is 6.17. The Morgan fingerprint density at radius 1 is 1.17 bits per heavy atom. The zero-order valence-corrected chi connectivity index (χ0v) is 16.2. The van der Waals surface area contributed by atoms with Crippen LogP contribution in [0.5, 0.6) is 0 Å². The van der Waals surface area contributed by atoms with E-state index >= 15 is 0 Å². The molecular formula is C17H10BrFINOS. The summed E-state index contributed by atoms with van der Waals surface area (Å²) >= 11 is 6.81. The molecule has 0 spiro atoms. The Morgan fingerprint density at radius 3 is 2.65 bits per heavy atom. The van der Waals surface area contributed by atoms with Crippen LogP contribution in [0.1, 0.15) is 10.4 Å². The third-order valence-electron chi connectivity index (χ3n) is 3.27. The first kappa shape index (κ1) is 16.6. The van der Waals surface area contributed by atoms with Gasteiger partial charge in [-0.3, -0.25) is 4.79 Å². The van der Waals surface area contributed by atoms with E-state index in [0.717, 1.165) is 8.45 Å². The van der Waals surface area contributed by atoms with Gasteiger partial charge in [0.15, 0.2) is 0 Å². The largest absolute Gasteiger partial charge is 0.321 e. The van der Waals surface area contributed by atoms with Crippen LogP contribution in [0, 0.1) is 8.70 Å². The van der Waals surface area contributed by atoms with E-state index in [0.29, 0.717) is 21.3 Å². The van der Waals surface area contributed by atoms with Gasteiger partial charge in [-0.25, -0.2) is 4.39 Å². The van der Waals surface area contributed by atoms with E-state index in [9.17, 15) is 9.18 Å². The van der Waals surface area contributed by atoms with E-state index in [1.54, 1.807) is 12.1 Å². The van der Waals surface area contributed by atoms with Crippen LogP contribution in [0.25, 0.3) is 11.1 Å². The Morgan fingerprint density at radius 2 is 1.96 bits per heavy atom. The van der Waals surface area contributed by atoms with Gasteiger partial charge in [-0.05, 0) is 73.7 Å². The second-order valence-electron chi connectivity index (χ2n) is 4.74. The molecule has 0 unspecified atom stereocenters. The molecule has 2 aromatic carbocycles. The summed E-state index contributed by atoms with van der Waals surface area (Å²) in [7, 11) is 0. The minimum absolute atomic E-state index is 0.166. The number of hydrogen-bond donors (Lipinski definition) is 1. The molecule has 6 heteroatoms. The maximum atomic E-state index is 13.8. The molecule has 1 amide bonds. The van der Waals surface area contributed by atoms with Gasteiger partial charge in [0.05, 0.1) is 12.9 Å². The topological polar surface area (TPSA) is 29.1 Å². The fourth-order valence-electron chi connectivity index (χ4n) is 2.15. The monoisotopic (exact) mass is 501 g/mol. The smallest absolute Gasteiger partial charge is 0.257 e. The minimum atomic E-state index is -0.337. The predicted molar refractivity (Wildman–Crippen MR) is 105 cm³/mol. The Kier molecular flexibility index (Phi) is 5.13. The number of nitrogens with one attached hydrogen (secondary N) is 1. The molecule has 0 radical (unpaired) electrons. The van der Waals surface area contributed by atoms with E-state index in [1.807, 2.05) is 35.7 Å². The second-order valence-corrected chi connectivity index (χ2v) is 8.32. The molecule has 0 aliphatic carbocycles. The van der Waals surface area contributed by atoms with Crippen LogP contribution >= 0.6 is 49.9 Å². The molecule has 0 aliphatic heterocycles. The number of rotatable bonds is 3. The van der Waals surface area contributed by atoms with E-state index in [4.69, 9.17) is 0 Å². The summed E-state index contributed by atoms with van der Waals surface area (Å²) in [5, 5.41) is 4.80. The lowest BCUT2D eigenvalue weighted by atomic mass is 10.0. The van der Waals surface area contributed by atoms with Gasteiger partial charge >= 0.3 is 0 Å². The summed E-state index contributed by atoms with van der Waals surface area (Å²) in [6.07, 6.45) is 0. The first-order valence-electron chi connectivity index (χ1n) is 6.65. The molecule has 23 heavy (non-hydrogen) atoms. The molecule has 116 valence electrons. The third-order valence-corrected chi connectivity index (χ3v) is 5.95. The molecule has 3 aromatic rings. The molecule has 1 N–H and O–H groups in total.